The molecule has 0 unspecified atom stereocenters. The third-order valence-corrected chi connectivity index (χ3v) is 8.63. The minimum absolute atomic E-state index is 0.488. The molecule has 0 aliphatic rings. The van der Waals surface area contributed by atoms with E-state index in [0.717, 1.165) is 31.3 Å². The van der Waals surface area contributed by atoms with Crippen LogP contribution in [-0.2, 0) is 12.4 Å². The van der Waals surface area contributed by atoms with E-state index in [1.807, 2.05) is 24.4 Å². The molecule has 0 fully saturated rings. The van der Waals surface area contributed by atoms with E-state index < -0.39 is 16.1 Å². The number of para-hydroxylation sites is 1. The molecule has 0 bridgehead atoms. The number of nitrogens with zero attached hydrogens (tertiary/aromatic N) is 3. The first kappa shape index (κ1) is 17.4. The Labute approximate surface area is 167 Å². The van der Waals surface area contributed by atoms with Crippen molar-refractivity contribution in [2.24, 2.45) is 3.95 Å². The Hall–Kier alpha value is -0.970. The van der Waals surface area contributed by atoms with Crippen LogP contribution in [0.3, 0.4) is 0 Å². The fraction of sp³-hybridized carbons (Fsp3) is 0.111. The number of hydrogen-bond acceptors (Lipinski definition) is 3. The molecule has 25 heavy (non-hydrogen) atoms. The summed E-state index contributed by atoms with van der Waals surface area (Å²) in [5.41, 5.74) is 5.34. The van der Waals surface area contributed by atoms with E-state index in [4.69, 9.17) is 20.5 Å². The van der Waals surface area contributed by atoms with Gasteiger partial charge in [-0.1, -0.05) is 0 Å². The number of benzene rings is 2. The summed E-state index contributed by atoms with van der Waals surface area (Å²) in [4.78, 5) is 9.38. The molecule has 0 atom stereocenters. The van der Waals surface area contributed by atoms with Crippen LogP contribution in [0.4, 0.5) is 0 Å². The number of aromatic nitrogens is 3. The van der Waals surface area contributed by atoms with E-state index in [9.17, 15) is 0 Å². The molecule has 0 saturated heterocycles. The summed E-state index contributed by atoms with van der Waals surface area (Å²) in [7, 11) is 0. The third kappa shape index (κ3) is 3.36. The normalized spacial score (nSPS) is 12.0. The molecule has 2 aromatic heterocycles. The number of pyridine rings is 1. The summed E-state index contributed by atoms with van der Waals surface area (Å²) in [5.74, 6) is 0.488. The van der Waals surface area contributed by atoms with Gasteiger partial charge in [0.25, 0.3) is 0 Å². The first-order valence-corrected chi connectivity index (χ1v) is 16.8. The summed E-state index contributed by atoms with van der Waals surface area (Å²) < 4.78 is 9.59. The van der Waals surface area contributed by atoms with Gasteiger partial charge in [-0.15, -0.1) is 0 Å². The molecule has 0 aliphatic carbocycles. The number of nitrogens with two attached hydrogens (primary N) is 1. The molecule has 4 rings (SSSR count). The zero-order valence-corrected chi connectivity index (χ0v) is 18.2. The van der Waals surface area contributed by atoms with Crippen molar-refractivity contribution in [3.63, 3.8) is 0 Å². The monoisotopic (exact) mass is 576 g/mol. The van der Waals surface area contributed by atoms with Crippen molar-refractivity contribution >= 4 is 68.3 Å². The van der Waals surface area contributed by atoms with Gasteiger partial charge in [-0.25, -0.2) is 0 Å². The van der Waals surface area contributed by atoms with E-state index in [0.29, 0.717) is 12.4 Å². The number of imidazole rings is 1. The van der Waals surface area contributed by atoms with Gasteiger partial charge < -0.3 is 0 Å². The van der Waals surface area contributed by atoms with Gasteiger partial charge in [-0.2, -0.15) is 0 Å². The standard InChI is InChI=1S/C18H15ClI2N4/c19-10-12-6-7-15-16(9-12)25(18(24-15)21(20)22)11-14-4-1-3-13-5-2-8-23-17(13)14/h1-9H,10-11,22H2. The van der Waals surface area contributed by atoms with E-state index in [2.05, 4.69) is 58.5 Å². The number of halogens is 3. The molecule has 0 spiro atoms. The first-order valence-electron chi connectivity index (χ1n) is 7.65. The molecule has 2 N–H and O–H groups in total. The fourth-order valence-electron chi connectivity index (χ4n) is 2.98. The maximum absolute atomic E-state index is 6.33. The SMILES string of the molecule is NI(I)c1nc2ccc(CCl)cc2n1Cc1cccc2cccnc12. The van der Waals surface area contributed by atoms with Crippen molar-refractivity contribution in [2.75, 3.05) is 0 Å². The van der Waals surface area contributed by atoms with Crippen LogP contribution in [0.2, 0.25) is 0 Å². The van der Waals surface area contributed by atoms with Gasteiger partial charge >= 0.3 is 169 Å². The van der Waals surface area contributed by atoms with Crippen LogP contribution in [0.5, 0.6) is 0 Å². The summed E-state index contributed by atoms with van der Waals surface area (Å²) in [6, 6.07) is 16.5. The second kappa shape index (κ2) is 7.34. The molecule has 0 amide bonds. The molecule has 0 saturated carbocycles. The van der Waals surface area contributed by atoms with Gasteiger partial charge in [0.15, 0.2) is 0 Å². The second-order valence-corrected chi connectivity index (χ2v) is 14.3. The molecule has 2 heterocycles. The van der Waals surface area contributed by atoms with Gasteiger partial charge in [-0.3, -0.25) is 0 Å². The second-order valence-electron chi connectivity index (χ2n) is 5.68. The van der Waals surface area contributed by atoms with Crippen LogP contribution in [0.1, 0.15) is 11.1 Å². The number of fused-ring (bicyclic) bond motifs is 2. The summed E-state index contributed by atoms with van der Waals surface area (Å²) >= 11 is 6.60. The van der Waals surface area contributed by atoms with E-state index in [1.165, 1.54) is 5.56 Å². The predicted molar refractivity (Wildman–Crippen MR) is 121 cm³/mol. The Balaban J connectivity index is 1.91. The Morgan fingerprint density at radius 1 is 1.16 bits per heavy atom. The number of hydrogen-bond donors (Lipinski definition) is 1. The van der Waals surface area contributed by atoms with E-state index >= 15 is 0 Å². The van der Waals surface area contributed by atoms with Gasteiger partial charge in [0, 0.05) is 0 Å². The molecule has 128 valence electrons. The van der Waals surface area contributed by atoms with Crippen molar-refractivity contribution in [1.29, 1.82) is 0 Å². The van der Waals surface area contributed by atoms with Crippen LogP contribution in [0.15, 0.2) is 54.7 Å². The molecular formula is C18H15ClI2N4. The number of rotatable bonds is 4. The van der Waals surface area contributed by atoms with Crippen LogP contribution in [0, 0.1) is 3.83 Å². The summed E-state index contributed by atoms with van der Waals surface area (Å²) in [5, 5.41) is 1.14. The van der Waals surface area contributed by atoms with Crippen LogP contribution in [0.25, 0.3) is 21.9 Å². The zero-order chi connectivity index (χ0) is 17.4. The molecule has 0 radical (unpaired) electrons. The molecule has 4 nitrogen and oxygen atoms in total. The molecule has 4 aromatic rings. The van der Waals surface area contributed by atoms with Gasteiger partial charge in [0.05, 0.1) is 0 Å². The Morgan fingerprint density at radius 2 is 2.00 bits per heavy atom. The van der Waals surface area contributed by atoms with Crippen LogP contribution in [-0.4, -0.2) is 14.5 Å². The molecular weight excluding hydrogens is 561 g/mol. The summed E-state index contributed by atoms with van der Waals surface area (Å²) in [6.07, 6.45) is 1.84. The maximum atomic E-state index is 6.33. The van der Waals surface area contributed by atoms with E-state index in [1.54, 1.807) is 0 Å². The van der Waals surface area contributed by atoms with Crippen molar-refractivity contribution in [3.05, 3.63) is 69.7 Å². The van der Waals surface area contributed by atoms with Crippen molar-refractivity contribution in [1.82, 2.24) is 14.5 Å². The van der Waals surface area contributed by atoms with Crippen LogP contribution >= 0.6 is 46.3 Å². The quantitative estimate of drug-likeness (QED) is 0.205. The van der Waals surface area contributed by atoms with Crippen molar-refractivity contribution in [3.8, 4) is 0 Å². The first-order chi connectivity index (χ1) is 12.2. The number of alkyl halides is 1. The fourth-order valence-corrected chi connectivity index (χ4v) is 6.71. The minimum atomic E-state index is -1.78. The predicted octanol–water partition coefficient (Wildman–Crippen LogP) is 5.27. The van der Waals surface area contributed by atoms with Crippen molar-refractivity contribution in [2.45, 2.75) is 12.4 Å². The van der Waals surface area contributed by atoms with Gasteiger partial charge in [-0.05, 0) is 0 Å². The molecule has 7 heteroatoms. The average molecular weight is 577 g/mol. The average Bonchev–Trinajstić information content (AvgIpc) is 3.00. The van der Waals surface area contributed by atoms with E-state index in [-0.39, 0.29) is 0 Å². The zero-order valence-electron chi connectivity index (χ0n) is 13.2. The Kier molecular flexibility index (Phi) is 5.12. The summed E-state index contributed by atoms with van der Waals surface area (Å²) in [6.45, 7) is 0.708. The van der Waals surface area contributed by atoms with Crippen molar-refractivity contribution < 1.29 is 0 Å². The molecule has 2 aromatic carbocycles. The van der Waals surface area contributed by atoms with Gasteiger partial charge in [0.1, 0.15) is 0 Å². The topological polar surface area (TPSA) is 56.7 Å². The Bertz CT molecular complexity index is 1060. The molecule has 0 aliphatic heterocycles. The van der Waals surface area contributed by atoms with Crippen LogP contribution < -0.4 is 3.95 Å². The Morgan fingerprint density at radius 3 is 2.80 bits per heavy atom. The third-order valence-electron chi connectivity index (χ3n) is 4.13. The van der Waals surface area contributed by atoms with Gasteiger partial charge in [0.2, 0.25) is 0 Å².